The number of phenols is 1. The maximum atomic E-state index is 10.1. The van der Waals surface area contributed by atoms with Crippen molar-refractivity contribution < 1.29 is 5.11 Å². The van der Waals surface area contributed by atoms with Gasteiger partial charge in [0.25, 0.3) is 0 Å². The van der Waals surface area contributed by atoms with Gasteiger partial charge in [0.05, 0.1) is 5.52 Å². The first-order valence-electron chi connectivity index (χ1n) is 9.92. The minimum atomic E-state index is 0.0696. The monoisotopic (exact) mass is 358 g/mol. The average molecular weight is 358 g/mol. The summed E-state index contributed by atoms with van der Waals surface area (Å²) in [6.45, 7) is 4.45. The van der Waals surface area contributed by atoms with E-state index in [1.807, 2.05) is 12.1 Å². The molecule has 3 nitrogen and oxygen atoms in total. The highest BCUT2D eigenvalue weighted by atomic mass is 16.3. The molecule has 2 heterocycles. The van der Waals surface area contributed by atoms with E-state index in [1.165, 1.54) is 27.8 Å². The number of phenolic OH excluding ortho intramolecular Hbond substituents is 1. The van der Waals surface area contributed by atoms with Crippen LogP contribution in [0.5, 0.6) is 5.75 Å². The van der Waals surface area contributed by atoms with Gasteiger partial charge >= 0.3 is 0 Å². The van der Waals surface area contributed by atoms with E-state index in [4.69, 9.17) is 4.98 Å². The van der Waals surface area contributed by atoms with Crippen LogP contribution >= 0.6 is 0 Å². The molecule has 1 aliphatic carbocycles. The highest BCUT2D eigenvalue weighted by molar-refractivity contribution is 5.83. The number of piperidine rings is 1. The molecule has 1 N–H and O–H groups in total. The van der Waals surface area contributed by atoms with Gasteiger partial charge in [-0.3, -0.25) is 4.98 Å². The molecule has 1 fully saturated rings. The fraction of sp³-hybridized carbons (Fsp3) is 0.375. The predicted octanol–water partition coefficient (Wildman–Crippen LogP) is 4.24. The van der Waals surface area contributed by atoms with Crippen LogP contribution in [-0.4, -0.2) is 35.1 Å². The second-order valence-electron chi connectivity index (χ2n) is 8.48. The van der Waals surface area contributed by atoms with Crippen LogP contribution in [0.15, 0.2) is 48.5 Å². The Hall–Kier alpha value is -2.39. The van der Waals surface area contributed by atoms with Crippen molar-refractivity contribution in [3.8, 4) is 5.75 Å². The SMILES string of the molecule is Cc1c2c(nc3ccccc13)C[C@@]1(c3cccc(O)c3)CCN(C)C[C@@H]1C2. The molecule has 2 atom stereocenters. The van der Waals surface area contributed by atoms with Gasteiger partial charge in [-0.15, -0.1) is 0 Å². The molecule has 138 valence electrons. The van der Waals surface area contributed by atoms with Crippen LogP contribution in [-0.2, 0) is 18.3 Å². The summed E-state index contributed by atoms with van der Waals surface area (Å²) in [6.07, 6.45) is 3.15. The average Bonchev–Trinajstić information content (AvgIpc) is 2.67. The zero-order valence-corrected chi connectivity index (χ0v) is 16.1. The fourth-order valence-electron chi connectivity index (χ4n) is 5.47. The Morgan fingerprint density at radius 3 is 2.85 bits per heavy atom. The second kappa shape index (κ2) is 6.07. The zero-order chi connectivity index (χ0) is 18.6. The van der Waals surface area contributed by atoms with Crippen molar-refractivity contribution in [2.24, 2.45) is 5.92 Å². The van der Waals surface area contributed by atoms with E-state index < -0.39 is 0 Å². The van der Waals surface area contributed by atoms with Crippen LogP contribution in [0.4, 0.5) is 0 Å². The van der Waals surface area contributed by atoms with E-state index in [2.05, 4.69) is 49.2 Å². The van der Waals surface area contributed by atoms with E-state index in [0.717, 1.165) is 37.9 Å². The number of likely N-dealkylation sites (tertiary alicyclic amines) is 1. The van der Waals surface area contributed by atoms with Gasteiger partial charge in [-0.05, 0) is 74.2 Å². The number of rotatable bonds is 1. The Morgan fingerprint density at radius 2 is 2.00 bits per heavy atom. The van der Waals surface area contributed by atoms with Crippen LogP contribution in [0, 0.1) is 12.8 Å². The van der Waals surface area contributed by atoms with Crippen LogP contribution < -0.4 is 0 Å². The van der Waals surface area contributed by atoms with Crippen LogP contribution in [0.3, 0.4) is 0 Å². The molecule has 0 spiro atoms. The van der Waals surface area contributed by atoms with E-state index in [0.29, 0.717) is 11.7 Å². The lowest BCUT2D eigenvalue weighted by atomic mass is 9.58. The van der Waals surface area contributed by atoms with Crippen molar-refractivity contribution in [2.45, 2.75) is 31.6 Å². The van der Waals surface area contributed by atoms with Gasteiger partial charge in [-0.25, -0.2) is 0 Å². The van der Waals surface area contributed by atoms with Gasteiger partial charge in [0, 0.05) is 29.5 Å². The van der Waals surface area contributed by atoms with E-state index >= 15 is 0 Å². The maximum absolute atomic E-state index is 10.1. The van der Waals surface area contributed by atoms with Crippen LogP contribution in [0.2, 0.25) is 0 Å². The van der Waals surface area contributed by atoms with Gasteiger partial charge in [0.15, 0.2) is 0 Å². The Balaban J connectivity index is 1.70. The van der Waals surface area contributed by atoms with Gasteiger partial charge < -0.3 is 10.0 Å². The van der Waals surface area contributed by atoms with Crippen molar-refractivity contribution in [3.05, 3.63) is 70.9 Å². The van der Waals surface area contributed by atoms with Crippen molar-refractivity contribution in [1.82, 2.24) is 9.88 Å². The Kier molecular flexibility index (Phi) is 3.76. The lowest BCUT2D eigenvalue weighted by Gasteiger charge is -2.51. The van der Waals surface area contributed by atoms with E-state index in [1.54, 1.807) is 6.07 Å². The van der Waals surface area contributed by atoms with Crippen LogP contribution in [0.1, 0.15) is 28.8 Å². The molecule has 0 bridgehead atoms. The first-order valence-corrected chi connectivity index (χ1v) is 9.92. The number of hydrogen-bond donors (Lipinski definition) is 1. The summed E-state index contributed by atoms with van der Waals surface area (Å²) in [5, 5.41) is 11.4. The number of nitrogens with zero attached hydrogens (tertiary/aromatic N) is 2. The Morgan fingerprint density at radius 1 is 1.15 bits per heavy atom. The topological polar surface area (TPSA) is 36.4 Å². The minimum absolute atomic E-state index is 0.0696. The first-order chi connectivity index (χ1) is 13.1. The number of aryl methyl sites for hydroxylation is 1. The summed E-state index contributed by atoms with van der Waals surface area (Å²) in [5.74, 6) is 0.917. The Labute approximate surface area is 160 Å². The lowest BCUT2D eigenvalue weighted by molar-refractivity contribution is 0.0985. The van der Waals surface area contributed by atoms with Crippen molar-refractivity contribution >= 4 is 10.9 Å². The molecule has 3 aromatic rings. The van der Waals surface area contributed by atoms with Gasteiger partial charge in [-0.1, -0.05) is 30.3 Å². The number of pyridine rings is 1. The molecule has 27 heavy (non-hydrogen) atoms. The molecule has 0 amide bonds. The minimum Gasteiger partial charge on any atom is -0.508 e. The zero-order valence-electron chi connectivity index (χ0n) is 16.1. The third-order valence-electron chi connectivity index (χ3n) is 6.97. The van der Waals surface area contributed by atoms with Gasteiger partial charge in [0.1, 0.15) is 5.75 Å². The largest absolute Gasteiger partial charge is 0.508 e. The van der Waals surface area contributed by atoms with Gasteiger partial charge in [0.2, 0.25) is 0 Å². The number of benzene rings is 2. The number of fused-ring (bicyclic) bond motifs is 3. The van der Waals surface area contributed by atoms with E-state index in [-0.39, 0.29) is 5.41 Å². The van der Waals surface area contributed by atoms with Crippen molar-refractivity contribution in [3.63, 3.8) is 0 Å². The summed E-state index contributed by atoms with van der Waals surface area (Å²) < 4.78 is 0. The standard InChI is InChI=1S/C24H26N2O/c1-16-20-8-3-4-9-22(20)25-23-14-24(17-6-5-7-19(27)12-17)10-11-26(2)15-18(24)13-21(16)23/h3-9,12,18,27H,10-11,13-15H2,1-2H3/t18-,24+/m0/s1. The molecule has 2 aromatic carbocycles. The summed E-state index contributed by atoms with van der Waals surface area (Å²) >= 11 is 0. The highest BCUT2D eigenvalue weighted by Gasteiger charge is 2.47. The normalized spacial score (nSPS) is 25.2. The fourth-order valence-corrected chi connectivity index (χ4v) is 5.47. The van der Waals surface area contributed by atoms with E-state index in [9.17, 15) is 5.11 Å². The number of para-hydroxylation sites is 1. The smallest absolute Gasteiger partial charge is 0.115 e. The second-order valence-corrected chi connectivity index (χ2v) is 8.48. The number of hydrogen-bond acceptors (Lipinski definition) is 3. The third-order valence-corrected chi connectivity index (χ3v) is 6.97. The van der Waals surface area contributed by atoms with Crippen molar-refractivity contribution in [1.29, 1.82) is 0 Å². The van der Waals surface area contributed by atoms with Gasteiger partial charge in [-0.2, -0.15) is 0 Å². The molecule has 0 saturated carbocycles. The third kappa shape index (κ3) is 2.56. The summed E-state index contributed by atoms with van der Waals surface area (Å²) in [4.78, 5) is 7.56. The molecule has 1 saturated heterocycles. The Bertz CT molecular complexity index is 1030. The summed E-state index contributed by atoms with van der Waals surface area (Å²) in [6, 6.07) is 16.5. The first kappa shape index (κ1) is 16.8. The summed E-state index contributed by atoms with van der Waals surface area (Å²) in [5.41, 5.74) is 6.55. The number of aromatic hydroxyl groups is 1. The molecule has 5 rings (SSSR count). The molecular weight excluding hydrogens is 332 g/mol. The summed E-state index contributed by atoms with van der Waals surface area (Å²) in [7, 11) is 2.23. The highest BCUT2D eigenvalue weighted by Crippen LogP contribution is 2.48. The maximum Gasteiger partial charge on any atom is 0.115 e. The molecule has 1 aromatic heterocycles. The number of aromatic nitrogens is 1. The molecular formula is C24H26N2O. The molecule has 0 radical (unpaired) electrons. The molecule has 2 aliphatic rings. The lowest BCUT2D eigenvalue weighted by Crippen LogP contribution is -2.53. The molecule has 1 aliphatic heterocycles. The van der Waals surface area contributed by atoms with Crippen molar-refractivity contribution in [2.75, 3.05) is 20.1 Å². The predicted molar refractivity (Wildman–Crippen MR) is 109 cm³/mol. The quantitative estimate of drug-likeness (QED) is 0.707. The van der Waals surface area contributed by atoms with Crippen LogP contribution in [0.25, 0.3) is 10.9 Å². The molecule has 3 heteroatoms. The molecule has 0 unspecified atom stereocenters.